The van der Waals surface area contributed by atoms with Crippen LogP contribution < -0.4 is 0 Å². The van der Waals surface area contributed by atoms with Crippen LogP contribution in [0.2, 0.25) is 0 Å². The number of nitrogens with one attached hydrogen (secondary N) is 1. The van der Waals surface area contributed by atoms with Gasteiger partial charge in [-0.05, 0) is 18.6 Å². The summed E-state index contributed by atoms with van der Waals surface area (Å²) in [5, 5.41) is 9.17. The number of likely N-dealkylation sites (tertiary alicyclic amines) is 1. The van der Waals surface area contributed by atoms with Gasteiger partial charge in [0.05, 0.1) is 17.1 Å². The molecule has 0 bridgehead atoms. The minimum atomic E-state index is -0.335. The Morgan fingerprint density at radius 3 is 3.00 bits per heavy atom. The molecule has 100 valence electrons. The van der Waals surface area contributed by atoms with E-state index in [0.29, 0.717) is 25.9 Å². The van der Waals surface area contributed by atoms with Crippen LogP contribution in [0.1, 0.15) is 17.8 Å². The van der Waals surface area contributed by atoms with E-state index >= 15 is 0 Å². The van der Waals surface area contributed by atoms with Gasteiger partial charge in [-0.1, -0.05) is 12.1 Å². The van der Waals surface area contributed by atoms with Crippen LogP contribution in [-0.4, -0.2) is 45.1 Å². The lowest BCUT2D eigenvalue weighted by Crippen LogP contribution is -2.53. The van der Waals surface area contributed by atoms with Crippen LogP contribution in [0.4, 0.5) is 0 Å². The van der Waals surface area contributed by atoms with Crippen LogP contribution in [0.3, 0.4) is 0 Å². The molecule has 2 N–H and O–H groups in total. The molecule has 0 aliphatic carbocycles. The molecule has 5 heteroatoms. The maximum absolute atomic E-state index is 11.8. The molecule has 2 aromatic rings. The van der Waals surface area contributed by atoms with Crippen LogP contribution in [0.5, 0.6) is 0 Å². The van der Waals surface area contributed by atoms with E-state index in [1.54, 1.807) is 4.90 Å². The molecule has 3 rings (SSSR count). The van der Waals surface area contributed by atoms with Gasteiger partial charge in [-0.15, -0.1) is 0 Å². The van der Waals surface area contributed by atoms with Crippen LogP contribution in [0.15, 0.2) is 18.2 Å². The number of amides is 1. The zero-order valence-corrected chi connectivity index (χ0v) is 10.9. The maximum Gasteiger partial charge on any atom is 0.223 e. The first-order valence-corrected chi connectivity index (χ1v) is 6.53. The number of H-pyrrole nitrogens is 1. The Morgan fingerprint density at radius 2 is 2.32 bits per heavy atom. The second-order valence-electron chi connectivity index (χ2n) is 5.11. The Bertz CT molecular complexity index is 614. The number of aliphatic hydroxyl groups is 1. The Labute approximate surface area is 111 Å². The van der Waals surface area contributed by atoms with Crippen molar-refractivity contribution in [2.24, 2.45) is 0 Å². The molecule has 1 aliphatic heterocycles. The number of hydrogen-bond donors (Lipinski definition) is 2. The molecular formula is C14H17N3O2. The molecule has 0 spiro atoms. The Morgan fingerprint density at radius 1 is 1.53 bits per heavy atom. The fraction of sp³-hybridized carbons (Fsp3) is 0.429. The fourth-order valence-corrected chi connectivity index (χ4v) is 2.39. The van der Waals surface area contributed by atoms with Gasteiger partial charge in [0.25, 0.3) is 0 Å². The van der Waals surface area contributed by atoms with Crippen LogP contribution in [0.25, 0.3) is 11.0 Å². The summed E-state index contributed by atoms with van der Waals surface area (Å²) >= 11 is 0. The Kier molecular flexibility index (Phi) is 2.98. The number of nitrogens with zero attached hydrogens (tertiary/aromatic N) is 2. The average Bonchev–Trinajstić information content (AvgIpc) is 2.77. The molecule has 1 aromatic heterocycles. The van der Waals surface area contributed by atoms with Crippen molar-refractivity contribution in [2.45, 2.75) is 25.9 Å². The van der Waals surface area contributed by atoms with Crippen molar-refractivity contribution in [3.8, 4) is 0 Å². The highest BCUT2D eigenvalue weighted by Gasteiger charge is 2.28. The first-order valence-electron chi connectivity index (χ1n) is 6.53. The number of carbonyl (C=O) groups excluding carboxylic acids is 1. The second-order valence-corrected chi connectivity index (χ2v) is 5.11. The minimum Gasteiger partial charge on any atom is -0.389 e. The monoisotopic (exact) mass is 259 g/mol. The molecular weight excluding hydrogens is 242 g/mol. The highest BCUT2D eigenvalue weighted by Crippen LogP contribution is 2.17. The normalized spacial score (nSPS) is 15.8. The number of para-hydroxylation sites is 1. The van der Waals surface area contributed by atoms with E-state index in [0.717, 1.165) is 22.4 Å². The fourth-order valence-electron chi connectivity index (χ4n) is 2.39. The van der Waals surface area contributed by atoms with Gasteiger partial charge in [0.2, 0.25) is 5.91 Å². The number of carbonyl (C=O) groups is 1. The standard InChI is InChI=1S/C14H17N3O2/c1-9-3-2-4-11-14(9)16-12(15-11)5-6-13(19)17-7-10(18)8-17/h2-4,10,18H,5-8H2,1H3,(H,15,16). The molecule has 0 radical (unpaired) electrons. The predicted octanol–water partition coefficient (Wildman–Crippen LogP) is 1.01. The lowest BCUT2D eigenvalue weighted by molar-refractivity contribution is -0.141. The smallest absolute Gasteiger partial charge is 0.223 e. The molecule has 1 aromatic carbocycles. The topological polar surface area (TPSA) is 69.2 Å². The van der Waals surface area contributed by atoms with Crippen LogP contribution in [-0.2, 0) is 11.2 Å². The number of aryl methyl sites for hydroxylation is 2. The van der Waals surface area contributed by atoms with Gasteiger partial charge in [-0.3, -0.25) is 4.79 Å². The summed E-state index contributed by atoms with van der Waals surface area (Å²) in [7, 11) is 0. The molecule has 2 heterocycles. The molecule has 1 aliphatic rings. The quantitative estimate of drug-likeness (QED) is 0.864. The molecule has 1 amide bonds. The number of fused-ring (bicyclic) bond motifs is 1. The summed E-state index contributed by atoms with van der Waals surface area (Å²) in [6.45, 7) is 2.97. The summed E-state index contributed by atoms with van der Waals surface area (Å²) in [6.07, 6.45) is 0.711. The largest absolute Gasteiger partial charge is 0.389 e. The summed E-state index contributed by atoms with van der Waals surface area (Å²) < 4.78 is 0. The number of benzene rings is 1. The van der Waals surface area contributed by atoms with Crippen molar-refractivity contribution >= 4 is 16.9 Å². The van der Waals surface area contributed by atoms with Crippen molar-refractivity contribution in [1.82, 2.24) is 14.9 Å². The van der Waals surface area contributed by atoms with Gasteiger partial charge in [0, 0.05) is 25.9 Å². The van der Waals surface area contributed by atoms with Gasteiger partial charge in [0.1, 0.15) is 5.82 Å². The van der Waals surface area contributed by atoms with Gasteiger partial charge >= 0.3 is 0 Å². The number of rotatable bonds is 3. The molecule has 0 saturated carbocycles. The summed E-state index contributed by atoms with van der Waals surface area (Å²) in [6, 6.07) is 6.01. The molecule has 5 nitrogen and oxygen atoms in total. The minimum absolute atomic E-state index is 0.0856. The van der Waals surface area contributed by atoms with E-state index in [2.05, 4.69) is 9.97 Å². The third kappa shape index (κ3) is 2.33. The molecule has 1 fully saturated rings. The lowest BCUT2D eigenvalue weighted by atomic mass is 10.1. The number of hydrogen-bond acceptors (Lipinski definition) is 3. The molecule has 1 saturated heterocycles. The van der Waals surface area contributed by atoms with E-state index in [9.17, 15) is 4.79 Å². The van der Waals surface area contributed by atoms with Gasteiger partial charge in [-0.2, -0.15) is 0 Å². The van der Waals surface area contributed by atoms with E-state index in [1.807, 2.05) is 25.1 Å². The second kappa shape index (κ2) is 4.66. The van der Waals surface area contributed by atoms with E-state index in [1.165, 1.54) is 0 Å². The van der Waals surface area contributed by atoms with Crippen molar-refractivity contribution in [3.63, 3.8) is 0 Å². The van der Waals surface area contributed by atoms with Crippen molar-refractivity contribution in [2.75, 3.05) is 13.1 Å². The first-order chi connectivity index (χ1) is 9.13. The van der Waals surface area contributed by atoms with E-state index < -0.39 is 0 Å². The van der Waals surface area contributed by atoms with Crippen molar-refractivity contribution in [3.05, 3.63) is 29.6 Å². The van der Waals surface area contributed by atoms with E-state index in [4.69, 9.17) is 5.11 Å². The van der Waals surface area contributed by atoms with Crippen LogP contribution >= 0.6 is 0 Å². The summed E-state index contributed by atoms with van der Waals surface area (Å²) in [4.78, 5) is 21.2. The van der Waals surface area contributed by atoms with Gasteiger partial charge in [-0.25, -0.2) is 4.98 Å². The highest BCUT2D eigenvalue weighted by atomic mass is 16.3. The number of aromatic nitrogens is 2. The van der Waals surface area contributed by atoms with Gasteiger partial charge in [0.15, 0.2) is 0 Å². The summed E-state index contributed by atoms with van der Waals surface area (Å²) in [5.74, 6) is 0.932. The number of β-amino-alcohol motifs (C(OH)–C–C–N with tert-alkyl or cyclic N) is 1. The average molecular weight is 259 g/mol. The molecule has 19 heavy (non-hydrogen) atoms. The molecule has 0 unspecified atom stereocenters. The highest BCUT2D eigenvalue weighted by molar-refractivity contribution is 5.79. The van der Waals surface area contributed by atoms with Crippen molar-refractivity contribution in [1.29, 1.82) is 0 Å². The number of imidazole rings is 1. The third-order valence-electron chi connectivity index (χ3n) is 3.55. The van der Waals surface area contributed by atoms with E-state index in [-0.39, 0.29) is 12.0 Å². The maximum atomic E-state index is 11.8. The first kappa shape index (κ1) is 12.2. The zero-order chi connectivity index (χ0) is 13.4. The van der Waals surface area contributed by atoms with Crippen molar-refractivity contribution < 1.29 is 9.90 Å². The predicted molar refractivity (Wildman–Crippen MR) is 71.7 cm³/mol. The van der Waals surface area contributed by atoms with Crippen LogP contribution in [0, 0.1) is 6.92 Å². The Balaban J connectivity index is 1.65. The van der Waals surface area contributed by atoms with Gasteiger partial charge < -0.3 is 15.0 Å². The molecule has 0 atom stereocenters. The number of aliphatic hydroxyl groups excluding tert-OH is 1. The third-order valence-corrected chi connectivity index (χ3v) is 3.55. The lowest BCUT2D eigenvalue weighted by Gasteiger charge is -2.35. The zero-order valence-electron chi connectivity index (χ0n) is 10.9. The number of aromatic amines is 1. The Hall–Kier alpha value is -1.88. The summed E-state index contributed by atoms with van der Waals surface area (Å²) in [5.41, 5.74) is 3.13. The SMILES string of the molecule is Cc1cccc2[nH]c(CCC(=O)N3CC(O)C3)nc12.